The van der Waals surface area contributed by atoms with Crippen LogP contribution in [-0.4, -0.2) is 27.6 Å². The van der Waals surface area contributed by atoms with E-state index in [0.717, 1.165) is 22.0 Å². The maximum absolute atomic E-state index is 13.6. The van der Waals surface area contributed by atoms with Gasteiger partial charge in [0.15, 0.2) is 0 Å². The number of esters is 1. The van der Waals surface area contributed by atoms with Crippen molar-refractivity contribution in [2.24, 2.45) is 0 Å². The van der Waals surface area contributed by atoms with Crippen molar-refractivity contribution >= 4 is 39.1 Å². The van der Waals surface area contributed by atoms with Crippen LogP contribution < -0.4 is 16.6 Å². The molecular weight excluding hydrogens is 461 g/mol. The molecule has 0 fully saturated rings. The summed E-state index contributed by atoms with van der Waals surface area (Å²) in [5, 5.41) is 4.29. The smallest absolute Gasteiger partial charge is 0.340 e. The highest BCUT2D eigenvalue weighted by Crippen LogP contribution is 2.19. The molecule has 0 aliphatic carbocycles. The summed E-state index contributed by atoms with van der Waals surface area (Å²) in [5.74, 6) is -1.66. The fraction of sp³-hybridized carbons (Fsp3) is 0.167. The lowest BCUT2D eigenvalue weighted by Crippen LogP contribution is -2.40. The van der Waals surface area contributed by atoms with Gasteiger partial charge in [-0.25, -0.2) is 18.5 Å². The molecule has 2 heterocycles. The van der Waals surface area contributed by atoms with Crippen LogP contribution in [0.15, 0.2) is 63.5 Å². The number of carbonyl (C=O) groups excluding carboxylic acids is 2. The second kappa shape index (κ2) is 9.44. The Morgan fingerprint density at radius 1 is 1.12 bits per heavy atom. The molecule has 2 aromatic carbocycles. The first-order valence-electron chi connectivity index (χ1n) is 10.4. The number of carbonyl (C=O) groups is 2. The Morgan fingerprint density at radius 3 is 2.62 bits per heavy atom. The lowest BCUT2D eigenvalue weighted by molar-refractivity contribution is -0.116. The van der Waals surface area contributed by atoms with E-state index in [4.69, 9.17) is 4.74 Å². The number of ether oxygens (including phenoxy) is 1. The Labute approximate surface area is 196 Å². The van der Waals surface area contributed by atoms with Crippen LogP contribution in [0.3, 0.4) is 0 Å². The van der Waals surface area contributed by atoms with Crippen LogP contribution >= 0.6 is 11.3 Å². The summed E-state index contributed by atoms with van der Waals surface area (Å²) >= 11 is 1.14. The highest BCUT2D eigenvalue weighted by Gasteiger charge is 2.20. The fourth-order valence-corrected chi connectivity index (χ4v) is 4.46. The van der Waals surface area contributed by atoms with Crippen LogP contribution in [0.1, 0.15) is 22.8 Å². The van der Waals surface area contributed by atoms with Crippen molar-refractivity contribution in [1.82, 2.24) is 9.13 Å². The third-order valence-corrected chi connectivity index (χ3v) is 6.04. The fourth-order valence-electron chi connectivity index (χ4n) is 3.63. The van der Waals surface area contributed by atoms with Crippen LogP contribution in [0.5, 0.6) is 0 Å². The van der Waals surface area contributed by atoms with Gasteiger partial charge in [0.25, 0.3) is 5.56 Å². The van der Waals surface area contributed by atoms with Crippen LogP contribution in [0.2, 0.25) is 0 Å². The normalized spacial score (nSPS) is 10.9. The molecule has 0 atom stereocenters. The van der Waals surface area contributed by atoms with E-state index < -0.39 is 35.5 Å². The number of benzene rings is 2. The minimum Gasteiger partial charge on any atom is -0.462 e. The predicted molar refractivity (Wildman–Crippen MR) is 127 cm³/mol. The Hall–Kier alpha value is -4.05. The largest absolute Gasteiger partial charge is 0.462 e. The molecule has 0 aliphatic heterocycles. The highest BCUT2D eigenvalue weighted by molar-refractivity contribution is 7.17. The number of halogens is 1. The molecule has 0 saturated carbocycles. The lowest BCUT2D eigenvalue weighted by atomic mass is 10.2. The number of hydrogen-bond donors (Lipinski definition) is 1. The summed E-state index contributed by atoms with van der Waals surface area (Å²) in [7, 11) is 0. The zero-order valence-corrected chi connectivity index (χ0v) is 19.1. The van der Waals surface area contributed by atoms with Gasteiger partial charge in [0.05, 0.1) is 29.1 Å². The Bertz CT molecular complexity index is 1540. The predicted octanol–water partition coefficient (Wildman–Crippen LogP) is 3.48. The average Bonchev–Trinajstić information content (AvgIpc) is 3.29. The van der Waals surface area contributed by atoms with Gasteiger partial charge in [-0.3, -0.25) is 14.2 Å². The van der Waals surface area contributed by atoms with E-state index in [-0.39, 0.29) is 28.2 Å². The SMILES string of the molecule is CCOC(=O)c1ccccc1NC(=O)Cn1c(=O)n(-c2ccc(F)cc2C)c(=O)c2sccc21. The number of anilines is 1. The molecule has 0 aliphatic rings. The van der Waals surface area contributed by atoms with Crippen LogP contribution in [0.25, 0.3) is 15.9 Å². The summed E-state index contributed by atoms with van der Waals surface area (Å²) < 4.78 is 21.0. The molecule has 10 heteroatoms. The van der Waals surface area contributed by atoms with E-state index in [0.29, 0.717) is 11.1 Å². The van der Waals surface area contributed by atoms with Gasteiger partial charge in [-0.15, -0.1) is 11.3 Å². The Balaban J connectivity index is 1.76. The molecule has 4 aromatic rings. The maximum Gasteiger partial charge on any atom is 0.340 e. The van der Waals surface area contributed by atoms with Crippen molar-refractivity contribution in [3.8, 4) is 5.69 Å². The molecule has 1 amide bonds. The van der Waals surface area contributed by atoms with E-state index in [1.54, 1.807) is 43.5 Å². The molecule has 0 unspecified atom stereocenters. The minimum atomic E-state index is -0.737. The first-order valence-corrected chi connectivity index (χ1v) is 11.3. The second-order valence-corrected chi connectivity index (χ2v) is 8.31. The van der Waals surface area contributed by atoms with Gasteiger partial charge >= 0.3 is 11.7 Å². The number of fused-ring (bicyclic) bond motifs is 1. The van der Waals surface area contributed by atoms with Gasteiger partial charge in [0.1, 0.15) is 17.1 Å². The molecular formula is C24H20FN3O5S. The van der Waals surface area contributed by atoms with Gasteiger partial charge in [0.2, 0.25) is 5.91 Å². The Kier molecular flexibility index (Phi) is 6.42. The quantitative estimate of drug-likeness (QED) is 0.425. The lowest BCUT2D eigenvalue weighted by Gasteiger charge is -2.14. The van der Waals surface area contributed by atoms with Crippen molar-refractivity contribution in [2.75, 3.05) is 11.9 Å². The molecule has 8 nitrogen and oxygen atoms in total. The molecule has 0 spiro atoms. The zero-order valence-electron chi connectivity index (χ0n) is 18.3. The highest BCUT2D eigenvalue weighted by atomic mass is 32.1. The van der Waals surface area contributed by atoms with Gasteiger partial charge in [-0.1, -0.05) is 12.1 Å². The van der Waals surface area contributed by atoms with Crippen molar-refractivity contribution in [3.05, 3.63) is 91.7 Å². The van der Waals surface area contributed by atoms with Crippen LogP contribution in [-0.2, 0) is 16.1 Å². The standard InChI is InChI=1S/C24H20FN3O5S/c1-3-33-23(31)16-6-4-5-7-17(16)26-20(29)13-27-19-10-11-34-21(19)22(30)28(24(27)32)18-9-8-15(25)12-14(18)2/h4-12H,3,13H2,1-2H3,(H,26,29). The second-order valence-electron chi connectivity index (χ2n) is 7.39. The minimum absolute atomic E-state index is 0.178. The maximum atomic E-state index is 13.6. The van der Waals surface area contributed by atoms with Crippen molar-refractivity contribution in [2.45, 2.75) is 20.4 Å². The van der Waals surface area contributed by atoms with E-state index in [1.807, 2.05) is 0 Å². The molecule has 0 radical (unpaired) electrons. The number of para-hydroxylation sites is 1. The van der Waals surface area contributed by atoms with Gasteiger partial charge < -0.3 is 10.1 Å². The topological polar surface area (TPSA) is 99.4 Å². The zero-order chi connectivity index (χ0) is 24.4. The van der Waals surface area contributed by atoms with E-state index in [2.05, 4.69) is 5.32 Å². The summed E-state index contributed by atoms with van der Waals surface area (Å²) in [5.41, 5.74) is 0.0715. The number of nitrogens with one attached hydrogen (secondary N) is 1. The number of aromatic nitrogens is 2. The summed E-state index contributed by atoms with van der Waals surface area (Å²) in [4.78, 5) is 51.6. The summed E-state index contributed by atoms with van der Waals surface area (Å²) in [6, 6.07) is 11.7. The molecule has 1 N–H and O–H groups in total. The average molecular weight is 482 g/mol. The molecule has 174 valence electrons. The molecule has 2 aromatic heterocycles. The number of thiophene rings is 1. The van der Waals surface area contributed by atoms with Gasteiger partial charge in [0, 0.05) is 0 Å². The molecule has 4 rings (SSSR count). The third-order valence-electron chi connectivity index (χ3n) is 5.15. The van der Waals surface area contributed by atoms with Crippen LogP contribution in [0.4, 0.5) is 10.1 Å². The molecule has 34 heavy (non-hydrogen) atoms. The van der Waals surface area contributed by atoms with Crippen molar-refractivity contribution in [3.63, 3.8) is 0 Å². The Morgan fingerprint density at radius 2 is 1.88 bits per heavy atom. The van der Waals surface area contributed by atoms with E-state index >= 15 is 0 Å². The van der Waals surface area contributed by atoms with E-state index in [9.17, 15) is 23.6 Å². The first-order chi connectivity index (χ1) is 16.3. The number of hydrogen-bond acceptors (Lipinski definition) is 6. The summed E-state index contributed by atoms with van der Waals surface area (Å²) in [6.45, 7) is 3.03. The monoisotopic (exact) mass is 481 g/mol. The van der Waals surface area contributed by atoms with E-state index in [1.165, 1.54) is 22.8 Å². The molecule has 0 bridgehead atoms. The van der Waals surface area contributed by atoms with Crippen LogP contribution in [0, 0.1) is 12.7 Å². The van der Waals surface area contributed by atoms with Gasteiger partial charge in [-0.2, -0.15) is 0 Å². The number of amides is 1. The number of aryl methyl sites for hydroxylation is 1. The summed E-state index contributed by atoms with van der Waals surface area (Å²) in [6.07, 6.45) is 0. The number of nitrogens with zero attached hydrogens (tertiary/aromatic N) is 2. The van der Waals surface area contributed by atoms with Crippen molar-refractivity contribution in [1.29, 1.82) is 0 Å². The van der Waals surface area contributed by atoms with Gasteiger partial charge in [-0.05, 0) is 61.2 Å². The third kappa shape index (κ3) is 4.27. The van der Waals surface area contributed by atoms with Crippen molar-refractivity contribution < 1.29 is 18.7 Å². The number of rotatable bonds is 6. The molecule has 0 saturated heterocycles. The first kappa shape index (κ1) is 23.1.